The number of aryl methyl sites for hydroxylation is 1. The number of hydrogen-bond acceptors (Lipinski definition) is 4. The molecular weight excluding hydrogens is 353 g/mol. The van der Waals surface area contributed by atoms with Gasteiger partial charge in [0.05, 0.1) is 24.9 Å². The Bertz CT molecular complexity index is 724. The number of nitrogens with one attached hydrogen (secondary N) is 1. The number of anilines is 1. The molecule has 0 aliphatic carbocycles. The molecule has 0 bridgehead atoms. The van der Waals surface area contributed by atoms with Crippen LogP contribution < -0.4 is 19.5 Å². The van der Waals surface area contributed by atoms with Crippen molar-refractivity contribution in [1.82, 2.24) is 0 Å². The lowest BCUT2D eigenvalue weighted by Gasteiger charge is -2.15. The summed E-state index contributed by atoms with van der Waals surface area (Å²) in [5, 5.41) is 3.50. The number of hydrogen-bond donors (Lipinski definition) is 1. The summed E-state index contributed by atoms with van der Waals surface area (Å²) < 4.78 is 16.1. The molecule has 5 nitrogen and oxygen atoms in total. The maximum absolute atomic E-state index is 12.1. The standard InChI is InChI=1S/C17H17Cl2NO4/c1-10-6-14(22-2)17(15(7-10)23-3)24-9-16(21)20-13-8-11(18)4-5-12(13)19/h4-8H,9H2,1-3H3,(H,20,21). The van der Waals surface area contributed by atoms with Gasteiger partial charge in [0, 0.05) is 5.02 Å². The van der Waals surface area contributed by atoms with Gasteiger partial charge in [0.1, 0.15) is 0 Å². The second kappa shape index (κ2) is 8.13. The van der Waals surface area contributed by atoms with Crippen molar-refractivity contribution in [3.05, 3.63) is 45.9 Å². The summed E-state index contributed by atoms with van der Waals surface area (Å²) in [6.07, 6.45) is 0. The van der Waals surface area contributed by atoms with Gasteiger partial charge in [-0.1, -0.05) is 23.2 Å². The molecule has 1 amide bonds. The van der Waals surface area contributed by atoms with Crippen LogP contribution in [0, 0.1) is 6.92 Å². The molecule has 0 saturated carbocycles. The van der Waals surface area contributed by atoms with Crippen molar-refractivity contribution < 1.29 is 19.0 Å². The highest BCUT2D eigenvalue weighted by Crippen LogP contribution is 2.38. The fourth-order valence-corrected chi connectivity index (χ4v) is 2.41. The van der Waals surface area contributed by atoms with Gasteiger partial charge in [-0.3, -0.25) is 4.79 Å². The van der Waals surface area contributed by atoms with E-state index in [-0.39, 0.29) is 12.5 Å². The van der Waals surface area contributed by atoms with Gasteiger partial charge in [-0.2, -0.15) is 0 Å². The molecule has 0 fully saturated rings. The summed E-state index contributed by atoms with van der Waals surface area (Å²) in [7, 11) is 3.04. The summed E-state index contributed by atoms with van der Waals surface area (Å²) in [6, 6.07) is 8.40. The van der Waals surface area contributed by atoms with E-state index in [1.807, 2.05) is 6.92 Å². The number of amides is 1. The van der Waals surface area contributed by atoms with Crippen molar-refractivity contribution >= 4 is 34.8 Å². The predicted molar refractivity (Wildman–Crippen MR) is 94.9 cm³/mol. The van der Waals surface area contributed by atoms with Crippen molar-refractivity contribution in [2.75, 3.05) is 26.1 Å². The Kier molecular flexibility index (Phi) is 6.17. The van der Waals surface area contributed by atoms with E-state index in [1.165, 1.54) is 14.2 Å². The molecule has 24 heavy (non-hydrogen) atoms. The minimum Gasteiger partial charge on any atom is -0.493 e. The second-order valence-corrected chi connectivity index (χ2v) is 5.80. The van der Waals surface area contributed by atoms with Crippen molar-refractivity contribution in [2.24, 2.45) is 0 Å². The predicted octanol–water partition coefficient (Wildman–Crippen LogP) is 4.34. The molecule has 0 saturated heterocycles. The van der Waals surface area contributed by atoms with E-state index in [1.54, 1.807) is 30.3 Å². The van der Waals surface area contributed by atoms with Gasteiger partial charge >= 0.3 is 0 Å². The van der Waals surface area contributed by atoms with Crippen LogP contribution in [0.5, 0.6) is 17.2 Å². The van der Waals surface area contributed by atoms with Crippen molar-refractivity contribution in [3.8, 4) is 17.2 Å². The van der Waals surface area contributed by atoms with E-state index in [2.05, 4.69) is 5.32 Å². The molecule has 0 radical (unpaired) electrons. The van der Waals surface area contributed by atoms with E-state index in [9.17, 15) is 4.79 Å². The van der Waals surface area contributed by atoms with Gasteiger partial charge in [0.2, 0.25) is 5.75 Å². The minimum absolute atomic E-state index is 0.237. The highest BCUT2D eigenvalue weighted by atomic mass is 35.5. The Hall–Kier alpha value is -2.11. The number of ether oxygens (including phenoxy) is 3. The number of carbonyl (C=O) groups is 1. The molecule has 0 heterocycles. The quantitative estimate of drug-likeness (QED) is 0.822. The zero-order valence-electron chi connectivity index (χ0n) is 13.5. The Morgan fingerprint density at radius 2 is 1.71 bits per heavy atom. The number of carbonyl (C=O) groups excluding carboxylic acids is 1. The van der Waals surface area contributed by atoms with E-state index in [4.69, 9.17) is 37.4 Å². The van der Waals surface area contributed by atoms with Gasteiger partial charge in [-0.15, -0.1) is 0 Å². The molecular formula is C17H17Cl2NO4. The van der Waals surface area contributed by atoms with Gasteiger partial charge in [-0.05, 0) is 42.8 Å². The highest BCUT2D eigenvalue weighted by molar-refractivity contribution is 6.35. The Morgan fingerprint density at radius 1 is 1.08 bits per heavy atom. The van der Waals surface area contributed by atoms with Crippen molar-refractivity contribution in [2.45, 2.75) is 6.92 Å². The number of methoxy groups -OCH3 is 2. The average Bonchev–Trinajstić information content (AvgIpc) is 2.56. The van der Waals surface area contributed by atoms with Crippen LogP contribution in [-0.2, 0) is 4.79 Å². The van der Waals surface area contributed by atoms with Gasteiger partial charge in [0.15, 0.2) is 18.1 Å². The first-order valence-electron chi connectivity index (χ1n) is 7.05. The van der Waals surface area contributed by atoms with E-state index in [0.717, 1.165) is 5.56 Å². The van der Waals surface area contributed by atoms with E-state index in [0.29, 0.717) is 33.0 Å². The lowest BCUT2D eigenvalue weighted by molar-refractivity contribution is -0.118. The first kappa shape index (κ1) is 18.2. The lowest BCUT2D eigenvalue weighted by atomic mass is 10.2. The molecule has 0 atom stereocenters. The van der Waals surface area contributed by atoms with E-state index >= 15 is 0 Å². The minimum atomic E-state index is -0.385. The topological polar surface area (TPSA) is 56.8 Å². The van der Waals surface area contributed by atoms with Crippen LogP contribution in [0.15, 0.2) is 30.3 Å². The molecule has 0 aromatic heterocycles. The lowest BCUT2D eigenvalue weighted by Crippen LogP contribution is -2.20. The number of halogens is 2. The van der Waals surface area contributed by atoms with Crippen LogP contribution >= 0.6 is 23.2 Å². The number of benzene rings is 2. The fraction of sp³-hybridized carbons (Fsp3) is 0.235. The first-order valence-corrected chi connectivity index (χ1v) is 7.80. The maximum atomic E-state index is 12.1. The molecule has 2 rings (SSSR count). The van der Waals surface area contributed by atoms with Gasteiger partial charge in [0.25, 0.3) is 5.91 Å². The highest BCUT2D eigenvalue weighted by Gasteiger charge is 2.15. The van der Waals surface area contributed by atoms with Crippen LogP contribution in [-0.4, -0.2) is 26.7 Å². The van der Waals surface area contributed by atoms with Crippen LogP contribution in [0.4, 0.5) is 5.69 Å². The molecule has 1 N–H and O–H groups in total. The smallest absolute Gasteiger partial charge is 0.262 e. The maximum Gasteiger partial charge on any atom is 0.262 e. The molecule has 2 aromatic rings. The monoisotopic (exact) mass is 369 g/mol. The summed E-state index contributed by atoms with van der Waals surface area (Å²) in [5.74, 6) is 0.947. The van der Waals surface area contributed by atoms with Crippen LogP contribution in [0.2, 0.25) is 10.0 Å². The fourth-order valence-electron chi connectivity index (χ4n) is 2.07. The molecule has 0 aliphatic rings. The molecule has 0 aliphatic heterocycles. The largest absolute Gasteiger partial charge is 0.493 e. The van der Waals surface area contributed by atoms with Gasteiger partial charge < -0.3 is 19.5 Å². The summed E-state index contributed by atoms with van der Waals surface area (Å²) in [4.78, 5) is 12.1. The normalized spacial score (nSPS) is 10.2. The van der Waals surface area contributed by atoms with Crippen LogP contribution in [0.25, 0.3) is 0 Å². The average molecular weight is 370 g/mol. The van der Waals surface area contributed by atoms with Crippen molar-refractivity contribution in [1.29, 1.82) is 0 Å². The van der Waals surface area contributed by atoms with E-state index < -0.39 is 0 Å². The third kappa shape index (κ3) is 4.46. The SMILES string of the molecule is COc1cc(C)cc(OC)c1OCC(=O)Nc1cc(Cl)ccc1Cl. The Balaban J connectivity index is 2.10. The third-order valence-electron chi connectivity index (χ3n) is 3.16. The molecule has 0 unspecified atom stereocenters. The Labute approximate surface area is 150 Å². The number of rotatable bonds is 6. The molecule has 128 valence electrons. The zero-order valence-corrected chi connectivity index (χ0v) is 15.0. The summed E-state index contributed by atoms with van der Waals surface area (Å²) in [5.41, 5.74) is 1.37. The van der Waals surface area contributed by atoms with Crippen molar-refractivity contribution in [3.63, 3.8) is 0 Å². The van der Waals surface area contributed by atoms with Crippen LogP contribution in [0.1, 0.15) is 5.56 Å². The summed E-state index contributed by atoms with van der Waals surface area (Å²) in [6.45, 7) is 1.67. The second-order valence-electron chi connectivity index (χ2n) is 4.96. The zero-order chi connectivity index (χ0) is 17.7. The first-order chi connectivity index (χ1) is 11.4. The van der Waals surface area contributed by atoms with Crippen LogP contribution in [0.3, 0.4) is 0 Å². The van der Waals surface area contributed by atoms with Gasteiger partial charge in [-0.25, -0.2) is 0 Å². The molecule has 2 aromatic carbocycles. The molecule has 0 spiro atoms. The third-order valence-corrected chi connectivity index (χ3v) is 3.72. The Morgan fingerprint density at radius 3 is 2.29 bits per heavy atom. The molecule has 7 heteroatoms. The summed E-state index contributed by atoms with van der Waals surface area (Å²) >= 11 is 11.9.